The summed E-state index contributed by atoms with van der Waals surface area (Å²) in [6.07, 6.45) is 0. The molecular formula is C15H15BrFN3O. The molecule has 0 unspecified atom stereocenters. The average molecular weight is 352 g/mol. The molecule has 0 heterocycles. The van der Waals surface area contributed by atoms with Gasteiger partial charge < -0.3 is 16.0 Å². The Bertz CT molecular complexity index is 631. The second kappa shape index (κ2) is 7.08. The molecule has 0 spiro atoms. The largest absolute Gasteiger partial charge is 0.381 e. The molecule has 0 bridgehead atoms. The SMILES string of the molecule is CNC(=O)Nc1ccc(NCc2ccc(F)cc2Br)cc1. The Labute approximate surface area is 130 Å². The molecule has 21 heavy (non-hydrogen) atoms. The number of benzene rings is 2. The van der Waals surface area contributed by atoms with Crippen LogP contribution in [0.25, 0.3) is 0 Å². The van der Waals surface area contributed by atoms with Crippen LogP contribution in [-0.2, 0) is 6.54 Å². The Morgan fingerprint density at radius 3 is 2.43 bits per heavy atom. The van der Waals surface area contributed by atoms with Crippen molar-refractivity contribution in [3.63, 3.8) is 0 Å². The highest BCUT2D eigenvalue weighted by Crippen LogP contribution is 2.20. The Morgan fingerprint density at radius 1 is 1.14 bits per heavy atom. The van der Waals surface area contributed by atoms with Gasteiger partial charge in [0.05, 0.1) is 0 Å². The van der Waals surface area contributed by atoms with Gasteiger partial charge in [-0.15, -0.1) is 0 Å². The predicted octanol–water partition coefficient (Wildman–Crippen LogP) is 3.95. The maximum Gasteiger partial charge on any atom is 0.318 e. The number of hydrogen-bond donors (Lipinski definition) is 3. The van der Waals surface area contributed by atoms with Crippen LogP contribution < -0.4 is 16.0 Å². The second-order valence-corrected chi connectivity index (χ2v) is 5.23. The van der Waals surface area contributed by atoms with Crippen molar-refractivity contribution in [1.82, 2.24) is 5.32 Å². The van der Waals surface area contributed by atoms with Gasteiger partial charge in [-0.05, 0) is 42.0 Å². The zero-order valence-corrected chi connectivity index (χ0v) is 13.0. The summed E-state index contributed by atoms with van der Waals surface area (Å²) in [5, 5.41) is 8.40. The van der Waals surface area contributed by atoms with Crippen LogP contribution in [0, 0.1) is 5.82 Å². The Balaban J connectivity index is 1.96. The van der Waals surface area contributed by atoms with Crippen LogP contribution in [0.3, 0.4) is 0 Å². The molecule has 6 heteroatoms. The third kappa shape index (κ3) is 4.46. The van der Waals surface area contributed by atoms with E-state index in [1.54, 1.807) is 25.2 Å². The number of amides is 2. The van der Waals surface area contributed by atoms with E-state index in [2.05, 4.69) is 31.9 Å². The number of anilines is 2. The Kier molecular flexibility index (Phi) is 5.16. The highest BCUT2D eigenvalue weighted by molar-refractivity contribution is 9.10. The third-order valence-corrected chi connectivity index (χ3v) is 3.61. The second-order valence-electron chi connectivity index (χ2n) is 4.37. The van der Waals surface area contributed by atoms with Gasteiger partial charge in [0.1, 0.15) is 5.82 Å². The van der Waals surface area contributed by atoms with Gasteiger partial charge in [0, 0.05) is 29.4 Å². The minimum absolute atomic E-state index is 0.258. The summed E-state index contributed by atoms with van der Waals surface area (Å²) in [6, 6.07) is 11.7. The van der Waals surface area contributed by atoms with Gasteiger partial charge >= 0.3 is 6.03 Å². The van der Waals surface area contributed by atoms with Gasteiger partial charge in [-0.2, -0.15) is 0 Å². The van der Waals surface area contributed by atoms with E-state index in [-0.39, 0.29) is 11.8 Å². The van der Waals surface area contributed by atoms with Gasteiger partial charge in [0.2, 0.25) is 0 Å². The van der Waals surface area contributed by atoms with Gasteiger partial charge in [-0.1, -0.05) is 22.0 Å². The fraction of sp³-hybridized carbons (Fsp3) is 0.133. The van der Waals surface area contributed by atoms with Gasteiger partial charge in [0.25, 0.3) is 0 Å². The number of hydrogen-bond acceptors (Lipinski definition) is 2. The molecule has 0 fully saturated rings. The number of carbonyl (C=O) groups is 1. The summed E-state index contributed by atoms with van der Waals surface area (Å²) >= 11 is 3.33. The van der Waals surface area contributed by atoms with Gasteiger partial charge in [0.15, 0.2) is 0 Å². The number of halogens is 2. The zero-order valence-electron chi connectivity index (χ0n) is 11.4. The summed E-state index contributed by atoms with van der Waals surface area (Å²) < 4.78 is 13.7. The van der Waals surface area contributed by atoms with E-state index in [0.29, 0.717) is 12.2 Å². The molecule has 2 aromatic rings. The van der Waals surface area contributed by atoms with E-state index in [0.717, 1.165) is 15.7 Å². The topological polar surface area (TPSA) is 53.2 Å². The van der Waals surface area contributed by atoms with Crippen molar-refractivity contribution in [2.45, 2.75) is 6.54 Å². The molecule has 0 aromatic heterocycles. The van der Waals surface area contributed by atoms with Crippen molar-refractivity contribution in [1.29, 1.82) is 0 Å². The minimum Gasteiger partial charge on any atom is -0.381 e. The summed E-state index contributed by atoms with van der Waals surface area (Å²) in [7, 11) is 1.56. The fourth-order valence-corrected chi connectivity index (χ4v) is 2.22. The van der Waals surface area contributed by atoms with Crippen LogP contribution in [0.15, 0.2) is 46.9 Å². The summed E-state index contributed by atoms with van der Waals surface area (Å²) in [6.45, 7) is 0.573. The molecule has 2 aromatic carbocycles. The lowest BCUT2D eigenvalue weighted by Gasteiger charge is -2.10. The van der Waals surface area contributed by atoms with Crippen molar-refractivity contribution in [2.24, 2.45) is 0 Å². The molecule has 0 aliphatic rings. The summed E-state index contributed by atoms with van der Waals surface area (Å²) in [5.74, 6) is -0.268. The van der Waals surface area contributed by atoms with Gasteiger partial charge in [-0.3, -0.25) is 0 Å². The zero-order chi connectivity index (χ0) is 15.2. The third-order valence-electron chi connectivity index (χ3n) is 2.87. The highest BCUT2D eigenvalue weighted by atomic mass is 79.9. The Hall–Kier alpha value is -2.08. The van der Waals surface area contributed by atoms with Crippen molar-refractivity contribution in [2.75, 3.05) is 17.7 Å². The lowest BCUT2D eigenvalue weighted by atomic mass is 10.2. The lowest BCUT2D eigenvalue weighted by molar-refractivity contribution is 0.254. The summed E-state index contributed by atoms with van der Waals surface area (Å²) in [5.41, 5.74) is 2.58. The van der Waals surface area contributed by atoms with E-state index in [9.17, 15) is 9.18 Å². The molecule has 0 saturated carbocycles. The molecule has 4 nitrogen and oxygen atoms in total. The van der Waals surface area contributed by atoms with E-state index in [1.165, 1.54) is 12.1 Å². The molecule has 0 aliphatic heterocycles. The minimum atomic E-state index is -0.268. The summed E-state index contributed by atoms with van der Waals surface area (Å²) in [4.78, 5) is 11.2. The first-order valence-electron chi connectivity index (χ1n) is 6.35. The number of nitrogens with one attached hydrogen (secondary N) is 3. The van der Waals surface area contributed by atoms with Crippen molar-refractivity contribution < 1.29 is 9.18 Å². The molecule has 2 amide bonds. The average Bonchev–Trinajstić information content (AvgIpc) is 2.48. The van der Waals surface area contributed by atoms with E-state index in [1.807, 2.05) is 12.1 Å². The predicted molar refractivity (Wildman–Crippen MR) is 85.9 cm³/mol. The fourth-order valence-electron chi connectivity index (χ4n) is 1.73. The normalized spacial score (nSPS) is 10.0. The van der Waals surface area contributed by atoms with Crippen LogP contribution >= 0.6 is 15.9 Å². The van der Waals surface area contributed by atoms with Crippen LogP contribution in [0.5, 0.6) is 0 Å². The molecule has 110 valence electrons. The van der Waals surface area contributed by atoms with Crippen LogP contribution in [0.4, 0.5) is 20.6 Å². The number of urea groups is 1. The maximum atomic E-state index is 13.0. The van der Waals surface area contributed by atoms with Crippen molar-refractivity contribution >= 4 is 33.3 Å². The monoisotopic (exact) mass is 351 g/mol. The smallest absolute Gasteiger partial charge is 0.318 e. The maximum absolute atomic E-state index is 13.0. The standard InChI is InChI=1S/C15H15BrFN3O/c1-18-15(21)20-13-6-4-12(5-7-13)19-9-10-2-3-11(17)8-14(10)16/h2-8,19H,9H2,1H3,(H2,18,20,21). The van der Waals surface area contributed by atoms with Crippen LogP contribution in [0.1, 0.15) is 5.56 Å². The molecule has 3 N–H and O–H groups in total. The molecule has 0 aliphatic carbocycles. The molecule has 0 atom stereocenters. The number of rotatable bonds is 4. The van der Waals surface area contributed by atoms with Gasteiger partial charge in [-0.25, -0.2) is 9.18 Å². The van der Waals surface area contributed by atoms with E-state index < -0.39 is 0 Å². The molecule has 0 saturated heterocycles. The lowest BCUT2D eigenvalue weighted by Crippen LogP contribution is -2.24. The Morgan fingerprint density at radius 2 is 1.81 bits per heavy atom. The molecule has 2 rings (SSSR count). The number of carbonyl (C=O) groups excluding carboxylic acids is 1. The first kappa shape index (κ1) is 15.3. The van der Waals surface area contributed by atoms with E-state index >= 15 is 0 Å². The van der Waals surface area contributed by atoms with E-state index in [4.69, 9.17) is 0 Å². The quantitative estimate of drug-likeness (QED) is 0.780. The molecular weight excluding hydrogens is 337 g/mol. The van der Waals surface area contributed by atoms with Crippen molar-refractivity contribution in [3.8, 4) is 0 Å². The highest BCUT2D eigenvalue weighted by Gasteiger charge is 2.02. The van der Waals surface area contributed by atoms with Crippen LogP contribution in [0.2, 0.25) is 0 Å². The molecule has 0 radical (unpaired) electrons. The first-order chi connectivity index (χ1) is 10.1. The van der Waals surface area contributed by atoms with Crippen LogP contribution in [-0.4, -0.2) is 13.1 Å². The van der Waals surface area contributed by atoms with Crippen molar-refractivity contribution in [3.05, 3.63) is 58.3 Å². The first-order valence-corrected chi connectivity index (χ1v) is 7.14.